The van der Waals surface area contributed by atoms with E-state index in [9.17, 15) is 5.11 Å². The van der Waals surface area contributed by atoms with Crippen LogP contribution in [0.5, 0.6) is 0 Å². The number of hydrogen-bond acceptors (Lipinski definition) is 2. The van der Waals surface area contributed by atoms with Gasteiger partial charge in [-0.2, -0.15) is 0 Å². The molecule has 3 rings (SSSR count). The molecule has 0 aromatic heterocycles. The van der Waals surface area contributed by atoms with Crippen molar-refractivity contribution >= 4 is 0 Å². The first-order valence-corrected chi connectivity index (χ1v) is 6.85. The average molecular weight is 253 g/mol. The summed E-state index contributed by atoms with van der Waals surface area (Å²) in [6.07, 6.45) is 1.07. The topological polar surface area (TPSA) is 23.5 Å². The SMILES string of the molecule is OCC1c2ccccc2CCN1Cc1ccccc1. The molecule has 0 saturated carbocycles. The standard InChI is InChI=1S/C17H19NO/c19-13-17-16-9-5-4-8-15(16)10-11-18(17)12-14-6-2-1-3-7-14/h1-9,17,19H,10-13H2. The van der Waals surface area contributed by atoms with Gasteiger partial charge >= 0.3 is 0 Å². The number of fused-ring (bicyclic) bond motifs is 1. The fraction of sp³-hybridized carbons (Fsp3) is 0.294. The number of aliphatic hydroxyl groups excluding tert-OH is 1. The van der Waals surface area contributed by atoms with Crippen molar-refractivity contribution in [3.8, 4) is 0 Å². The molecule has 1 N–H and O–H groups in total. The molecule has 2 nitrogen and oxygen atoms in total. The first-order valence-electron chi connectivity index (χ1n) is 6.85. The lowest BCUT2D eigenvalue weighted by Crippen LogP contribution is -2.36. The Morgan fingerprint density at radius 3 is 2.53 bits per heavy atom. The smallest absolute Gasteiger partial charge is 0.0628 e. The minimum absolute atomic E-state index is 0.130. The summed E-state index contributed by atoms with van der Waals surface area (Å²) in [7, 11) is 0. The van der Waals surface area contributed by atoms with E-state index < -0.39 is 0 Å². The van der Waals surface area contributed by atoms with E-state index in [0.29, 0.717) is 0 Å². The molecule has 0 aliphatic carbocycles. The second-order valence-electron chi connectivity index (χ2n) is 5.10. The Kier molecular flexibility index (Phi) is 3.62. The molecule has 2 aromatic rings. The predicted molar refractivity (Wildman–Crippen MR) is 76.8 cm³/mol. The molecule has 1 heterocycles. The highest BCUT2D eigenvalue weighted by atomic mass is 16.3. The van der Waals surface area contributed by atoms with Gasteiger partial charge in [0.05, 0.1) is 12.6 Å². The molecular weight excluding hydrogens is 234 g/mol. The molecule has 0 saturated heterocycles. The van der Waals surface area contributed by atoms with Crippen LogP contribution in [0, 0.1) is 0 Å². The second kappa shape index (κ2) is 5.55. The van der Waals surface area contributed by atoms with Crippen LogP contribution in [0.25, 0.3) is 0 Å². The van der Waals surface area contributed by atoms with Gasteiger partial charge in [0.15, 0.2) is 0 Å². The van der Waals surface area contributed by atoms with E-state index in [-0.39, 0.29) is 12.6 Å². The van der Waals surface area contributed by atoms with Crippen molar-refractivity contribution in [3.05, 3.63) is 71.3 Å². The van der Waals surface area contributed by atoms with E-state index in [2.05, 4.69) is 53.4 Å². The molecule has 98 valence electrons. The van der Waals surface area contributed by atoms with E-state index in [1.54, 1.807) is 0 Å². The molecule has 0 fully saturated rings. The number of aliphatic hydroxyl groups is 1. The molecule has 1 unspecified atom stereocenters. The van der Waals surface area contributed by atoms with E-state index in [1.807, 2.05) is 6.07 Å². The quantitative estimate of drug-likeness (QED) is 0.909. The van der Waals surface area contributed by atoms with Gasteiger partial charge in [-0.1, -0.05) is 54.6 Å². The normalized spacial score (nSPS) is 19.1. The third kappa shape index (κ3) is 2.55. The van der Waals surface area contributed by atoms with Gasteiger partial charge < -0.3 is 5.11 Å². The van der Waals surface area contributed by atoms with Crippen LogP contribution < -0.4 is 0 Å². The first-order chi connectivity index (χ1) is 9.38. The second-order valence-corrected chi connectivity index (χ2v) is 5.10. The van der Waals surface area contributed by atoms with Crippen molar-refractivity contribution in [2.24, 2.45) is 0 Å². The van der Waals surface area contributed by atoms with Gasteiger partial charge in [0.2, 0.25) is 0 Å². The highest BCUT2D eigenvalue weighted by molar-refractivity contribution is 5.33. The Hall–Kier alpha value is -1.64. The fourth-order valence-electron chi connectivity index (χ4n) is 2.92. The van der Waals surface area contributed by atoms with Gasteiger partial charge in [-0.3, -0.25) is 4.90 Å². The summed E-state index contributed by atoms with van der Waals surface area (Å²) >= 11 is 0. The molecule has 0 bridgehead atoms. The number of benzene rings is 2. The maximum Gasteiger partial charge on any atom is 0.0628 e. The third-order valence-corrected chi connectivity index (χ3v) is 3.92. The summed E-state index contributed by atoms with van der Waals surface area (Å²) in [5, 5.41) is 9.74. The predicted octanol–water partition coefficient (Wildman–Crippen LogP) is 2.78. The van der Waals surface area contributed by atoms with Crippen LogP contribution in [0.15, 0.2) is 54.6 Å². The largest absolute Gasteiger partial charge is 0.394 e. The van der Waals surface area contributed by atoms with Crippen molar-refractivity contribution in [2.45, 2.75) is 19.0 Å². The van der Waals surface area contributed by atoms with Crippen molar-refractivity contribution in [2.75, 3.05) is 13.2 Å². The molecule has 0 spiro atoms. The Bertz CT molecular complexity index is 538. The lowest BCUT2D eigenvalue weighted by Gasteiger charge is -2.36. The highest BCUT2D eigenvalue weighted by Crippen LogP contribution is 2.30. The zero-order valence-corrected chi connectivity index (χ0v) is 11.0. The van der Waals surface area contributed by atoms with Gasteiger partial charge in [0.25, 0.3) is 0 Å². The molecule has 2 aromatic carbocycles. The Labute approximate surface area is 114 Å². The average Bonchev–Trinajstić information content (AvgIpc) is 2.48. The van der Waals surface area contributed by atoms with Crippen LogP contribution in [0.2, 0.25) is 0 Å². The van der Waals surface area contributed by atoms with E-state index in [0.717, 1.165) is 19.5 Å². The van der Waals surface area contributed by atoms with Gasteiger partial charge in [-0.15, -0.1) is 0 Å². The highest BCUT2D eigenvalue weighted by Gasteiger charge is 2.26. The number of hydrogen-bond donors (Lipinski definition) is 1. The van der Waals surface area contributed by atoms with Gasteiger partial charge in [0.1, 0.15) is 0 Å². The van der Waals surface area contributed by atoms with Crippen molar-refractivity contribution in [3.63, 3.8) is 0 Å². The monoisotopic (exact) mass is 253 g/mol. The molecule has 1 aliphatic rings. The molecular formula is C17H19NO. The summed E-state index contributed by atoms with van der Waals surface area (Å²) in [6.45, 7) is 2.10. The minimum atomic E-state index is 0.130. The lowest BCUT2D eigenvalue weighted by atomic mass is 9.92. The van der Waals surface area contributed by atoms with E-state index >= 15 is 0 Å². The molecule has 19 heavy (non-hydrogen) atoms. The van der Waals surface area contributed by atoms with Crippen LogP contribution >= 0.6 is 0 Å². The molecule has 0 radical (unpaired) electrons. The summed E-state index contributed by atoms with van der Waals surface area (Å²) < 4.78 is 0. The maximum absolute atomic E-state index is 9.74. The van der Waals surface area contributed by atoms with Crippen LogP contribution in [0.3, 0.4) is 0 Å². The molecule has 1 aliphatic heterocycles. The van der Waals surface area contributed by atoms with Crippen LogP contribution in [-0.4, -0.2) is 23.2 Å². The maximum atomic E-state index is 9.74. The van der Waals surface area contributed by atoms with Crippen LogP contribution in [0.1, 0.15) is 22.7 Å². The Balaban J connectivity index is 1.84. The number of nitrogens with zero attached hydrogens (tertiary/aromatic N) is 1. The van der Waals surface area contributed by atoms with Crippen molar-refractivity contribution < 1.29 is 5.11 Å². The van der Waals surface area contributed by atoms with E-state index in [1.165, 1.54) is 16.7 Å². The zero-order chi connectivity index (χ0) is 13.1. The van der Waals surface area contributed by atoms with Gasteiger partial charge in [-0.05, 0) is 23.1 Å². The van der Waals surface area contributed by atoms with Crippen molar-refractivity contribution in [1.82, 2.24) is 4.90 Å². The minimum Gasteiger partial charge on any atom is -0.394 e. The zero-order valence-electron chi connectivity index (χ0n) is 11.0. The Morgan fingerprint density at radius 2 is 1.74 bits per heavy atom. The summed E-state index contributed by atoms with van der Waals surface area (Å²) in [5.74, 6) is 0. The van der Waals surface area contributed by atoms with Gasteiger partial charge in [0, 0.05) is 13.1 Å². The Morgan fingerprint density at radius 1 is 1.00 bits per heavy atom. The first kappa shape index (κ1) is 12.4. The summed E-state index contributed by atoms with van der Waals surface area (Å²) in [6, 6.07) is 19.1. The molecule has 0 amide bonds. The van der Waals surface area contributed by atoms with E-state index in [4.69, 9.17) is 0 Å². The van der Waals surface area contributed by atoms with Crippen molar-refractivity contribution in [1.29, 1.82) is 0 Å². The van der Waals surface area contributed by atoms with Gasteiger partial charge in [-0.25, -0.2) is 0 Å². The fourth-order valence-corrected chi connectivity index (χ4v) is 2.92. The summed E-state index contributed by atoms with van der Waals surface area (Å²) in [4.78, 5) is 2.37. The molecule has 1 atom stereocenters. The van der Waals surface area contributed by atoms with Crippen LogP contribution in [0.4, 0.5) is 0 Å². The third-order valence-electron chi connectivity index (χ3n) is 3.92. The molecule has 2 heteroatoms. The lowest BCUT2D eigenvalue weighted by molar-refractivity contribution is 0.108. The summed E-state index contributed by atoms with van der Waals surface area (Å²) in [5.41, 5.74) is 3.97. The number of rotatable bonds is 3. The van der Waals surface area contributed by atoms with Crippen LogP contribution in [-0.2, 0) is 13.0 Å².